The lowest BCUT2D eigenvalue weighted by Gasteiger charge is -2.31. The van der Waals surface area contributed by atoms with Gasteiger partial charge in [-0.15, -0.1) is 0 Å². The Labute approximate surface area is 110 Å². The van der Waals surface area contributed by atoms with Crippen LogP contribution in [0.2, 0.25) is 0 Å². The number of hydrogen-bond donors (Lipinski definition) is 0. The summed E-state index contributed by atoms with van der Waals surface area (Å²) in [6.45, 7) is 6.96. The first-order chi connectivity index (χ1) is 8.69. The zero-order valence-corrected chi connectivity index (χ0v) is 11.5. The van der Waals surface area contributed by atoms with Crippen LogP contribution in [0.25, 0.3) is 0 Å². The third-order valence-corrected chi connectivity index (χ3v) is 3.89. The molecule has 0 aromatic heterocycles. The second kappa shape index (κ2) is 6.14. The fourth-order valence-corrected chi connectivity index (χ4v) is 2.74. The Hall–Kier alpha value is -1.15. The zero-order chi connectivity index (χ0) is 13.0. The largest absolute Gasteiger partial charge is 0.300 e. The van der Waals surface area contributed by atoms with Crippen molar-refractivity contribution in [1.82, 2.24) is 4.90 Å². The second-order valence-electron chi connectivity index (χ2n) is 5.36. The van der Waals surface area contributed by atoms with Crippen LogP contribution in [0.1, 0.15) is 37.8 Å². The molecule has 0 bridgehead atoms. The maximum atomic E-state index is 11.5. The number of ketones is 1. The number of Topliss-reactive ketones (excluding diaryl/α,β-unsaturated/α-hetero) is 1. The zero-order valence-electron chi connectivity index (χ0n) is 11.5. The first-order valence-electron chi connectivity index (χ1n) is 6.99. The van der Waals surface area contributed by atoms with Crippen molar-refractivity contribution in [2.24, 2.45) is 5.92 Å². The molecule has 2 nitrogen and oxygen atoms in total. The van der Waals surface area contributed by atoms with E-state index in [1.165, 1.54) is 11.1 Å². The van der Waals surface area contributed by atoms with E-state index in [0.717, 1.165) is 38.9 Å². The average Bonchev–Trinajstić information content (AvgIpc) is 2.39. The lowest BCUT2D eigenvalue weighted by molar-refractivity contribution is -0.122. The average molecular weight is 245 g/mol. The lowest BCUT2D eigenvalue weighted by atomic mass is 9.94. The predicted octanol–water partition coefficient (Wildman–Crippen LogP) is 3.05. The van der Waals surface area contributed by atoms with Crippen LogP contribution in [0.3, 0.4) is 0 Å². The summed E-state index contributed by atoms with van der Waals surface area (Å²) in [6.07, 6.45) is 3.31. The van der Waals surface area contributed by atoms with Gasteiger partial charge < -0.3 is 0 Å². The van der Waals surface area contributed by atoms with Crippen LogP contribution in [-0.2, 0) is 17.8 Å². The summed E-state index contributed by atoms with van der Waals surface area (Å²) in [7, 11) is 0. The predicted molar refractivity (Wildman–Crippen MR) is 74.5 cm³/mol. The Balaban J connectivity index is 1.97. The SMILES string of the molecule is CCc1cccc(CN2CCCC(C(C)=O)C2)c1. The van der Waals surface area contributed by atoms with Gasteiger partial charge in [0.05, 0.1) is 0 Å². The Morgan fingerprint density at radius 1 is 1.39 bits per heavy atom. The van der Waals surface area contributed by atoms with E-state index in [0.29, 0.717) is 5.78 Å². The van der Waals surface area contributed by atoms with Gasteiger partial charge in [0, 0.05) is 19.0 Å². The molecule has 0 spiro atoms. The summed E-state index contributed by atoms with van der Waals surface area (Å²) < 4.78 is 0. The van der Waals surface area contributed by atoms with Crippen molar-refractivity contribution in [3.05, 3.63) is 35.4 Å². The Morgan fingerprint density at radius 3 is 2.89 bits per heavy atom. The second-order valence-corrected chi connectivity index (χ2v) is 5.36. The molecule has 1 aliphatic heterocycles. The van der Waals surface area contributed by atoms with Crippen molar-refractivity contribution in [2.75, 3.05) is 13.1 Å². The molecule has 0 N–H and O–H groups in total. The van der Waals surface area contributed by atoms with Gasteiger partial charge in [-0.1, -0.05) is 31.2 Å². The fourth-order valence-electron chi connectivity index (χ4n) is 2.74. The molecule has 1 fully saturated rings. The van der Waals surface area contributed by atoms with Crippen molar-refractivity contribution in [3.8, 4) is 0 Å². The summed E-state index contributed by atoms with van der Waals surface area (Å²) in [5.41, 5.74) is 2.77. The quantitative estimate of drug-likeness (QED) is 0.812. The normalized spacial score (nSPS) is 20.9. The molecule has 2 heteroatoms. The summed E-state index contributed by atoms with van der Waals surface area (Å²) in [4.78, 5) is 13.9. The first-order valence-corrected chi connectivity index (χ1v) is 6.99. The Bertz CT molecular complexity index is 413. The van der Waals surface area contributed by atoms with E-state index in [1.807, 2.05) is 0 Å². The number of rotatable bonds is 4. The van der Waals surface area contributed by atoms with E-state index < -0.39 is 0 Å². The lowest BCUT2D eigenvalue weighted by Crippen LogP contribution is -2.37. The van der Waals surface area contributed by atoms with Gasteiger partial charge in [-0.2, -0.15) is 0 Å². The smallest absolute Gasteiger partial charge is 0.134 e. The molecular weight excluding hydrogens is 222 g/mol. The van der Waals surface area contributed by atoms with Crippen molar-refractivity contribution in [2.45, 2.75) is 39.7 Å². The number of carbonyl (C=O) groups excluding carboxylic acids is 1. The van der Waals surface area contributed by atoms with Gasteiger partial charge >= 0.3 is 0 Å². The molecule has 1 atom stereocenters. The van der Waals surface area contributed by atoms with Crippen molar-refractivity contribution < 1.29 is 4.79 Å². The van der Waals surface area contributed by atoms with Crippen LogP contribution in [0, 0.1) is 5.92 Å². The summed E-state index contributed by atoms with van der Waals surface area (Å²) in [6, 6.07) is 8.80. The highest BCUT2D eigenvalue weighted by Gasteiger charge is 2.22. The third-order valence-electron chi connectivity index (χ3n) is 3.89. The molecule has 0 saturated carbocycles. The maximum absolute atomic E-state index is 11.5. The van der Waals surface area contributed by atoms with Crippen molar-refractivity contribution in [1.29, 1.82) is 0 Å². The first kappa shape index (κ1) is 13.3. The molecular formula is C16H23NO. The van der Waals surface area contributed by atoms with Crippen molar-refractivity contribution >= 4 is 5.78 Å². The molecule has 1 unspecified atom stereocenters. The van der Waals surface area contributed by atoms with Crippen LogP contribution in [-0.4, -0.2) is 23.8 Å². The van der Waals surface area contributed by atoms with Crippen LogP contribution in [0.4, 0.5) is 0 Å². The minimum absolute atomic E-state index is 0.258. The summed E-state index contributed by atoms with van der Waals surface area (Å²) >= 11 is 0. The molecule has 0 amide bonds. The molecule has 0 radical (unpaired) electrons. The van der Waals surface area contributed by atoms with E-state index in [1.54, 1.807) is 6.92 Å². The van der Waals surface area contributed by atoms with E-state index >= 15 is 0 Å². The molecule has 98 valence electrons. The van der Waals surface area contributed by atoms with Gasteiger partial charge in [-0.3, -0.25) is 9.69 Å². The summed E-state index contributed by atoms with van der Waals surface area (Å²) in [5.74, 6) is 0.607. The number of benzene rings is 1. The number of hydrogen-bond acceptors (Lipinski definition) is 2. The Kier molecular flexibility index (Phi) is 4.54. The van der Waals surface area contributed by atoms with E-state index in [2.05, 4.69) is 36.1 Å². The van der Waals surface area contributed by atoms with E-state index in [-0.39, 0.29) is 5.92 Å². The van der Waals surface area contributed by atoms with Crippen LogP contribution < -0.4 is 0 Å². The number of carbonyl (C=O) groups is 1. The number of aryl methyl sites for hydroxylation is 1. The third kappa shape index (κ3) is 3.42. The highest BCUT2D eigenvalue weighted by atomic mass is 16.1. The highest BCUT2D eigenvalue weighted by molar-refractivity contribution is 5.78. The molecule has 1 aliphatic rings. The standard InChI is InChI=1S/C16H23NO/c1-3-14-6-4-7-15(10-14)11-17-9-5-8-16(12-17)13(2)18/h4,6-7,10,16H,3,5,8-9,11-12H2,1-2H3. The van der Waals surface area contributed by atoms with Crippen molar-refractivity contribution in [3.63, 3.8) is 0 Å². The minimum atomic E-state index is 0.258. The van der Waals surface area contributed by atoms with Gasteiger partial charge in [-0.05, 0) is 43.9 Å². The van der Waals surface area contributed by atoms with Crippen LogP contribution in [0.5, 0.6) is 0 Å². The van der Waals surface area contributed by atoms with Gasteiger partial charge in [0.2, 0.25) is 0 Å². The Morgan fingerprint density at radius 2 is 2.17 bits per heavy atom. The number of likely N-dealkylation sites (tertiary alicyclic amines) is 1. The van der Waals surface area contributed by atoms with Gasteiger partial charge in [0.25, 0.3) is 0 Å². The van der Waals surface area contributed by atoms with E-state index in [4.69, 9.17) is 0 Å². The molecule has 1 aromatic rings. The molecule has 1 heterocycles. The molecule has 2 rings (SSSR count). The van der Waals surface area contributed by atoms with Gasteiger partial charge in [0.15, 0.2) is 0 Å². The highest BCUT2D eigenvalue weighted by Crippen LogP contribution is 2.19. The van der Waals surface area contributed by atoms with Gasteiger partial charge in [0.1, 0.15) is 5.78 Å². The minimum Gasteiger partial charge on any atom is -0.300 e. The number of nitrogens with zero attached hydrogens (tertiary/aromatic N) is 1. The monoisotopic (exact) mass is 245 g/mol. The molecule has 1 aromatic carbocycles. The van der Waals surface area contributed by atoms with E-state index in [9.17, 15) is 4.79 Å². The fraction of sp³-hybridized carbons (Fsp3) is 0.562. The molecule has 0 aliphatic carbocycles. The maximum Gasteiger partial charge on any atom is 0.134 e. The van der Waals surface area contributed by atoms with Crippen LogP contribution in [0.15, 0.2) is 24.3 Å². The number of piperidine rings is 1. The van der Waals surface area contributed by atoms with Crippen LogP contribution >= 0.6 is 0 Å². The summed E-state index contributed by atoms with van der Waals surface area (Å²) in [5, 5.41) is 0. The molecule has 18 heavy (non-hydrogen) atoms. The topological polar surface area (TPSA) is 20.3 Å². The van der Waals surface area contributed by atoms with Gasteiger partial charge in [-0.25, -0.2) is 0 Å². The molecule has 1 saturated heterocycles.